The molecule has 1 unspecified atom stereocenters. The average Bonchev–Trinajstić information content (AvgIpc) is 2.26. The molecule has 0 aliphatic carbocycles. The van der Waals surface area contributed by atoms with E-state index in [1.807, 2.05) is 0 Å². The maximum Gasteiger partial charge on any atom is 0.158 e. The van der Waals surface area contributed by atoms with E-state index in [1.54, 1.807) is 0 Å². The molecule has 0 heterocycles. The molecule has 1 atom stereocenters. The summed E-state index contributed by atoms with van der Waals surface area (Å²) in [5.41, 5.74) is 0. The van der Waals surface area contributed by atoms with Crippen LogP contribution < -0.4 is 0 Å². The van der Waals surface area contributed by atoms with Crippen LogP contribution in [0.2, 0.25) is 0 Å². The van der Waals surface area contributed by atoms with Crippen LogP contribution in [0.15, 0.2) is 0 Å². The Kier molecular flexibility index (Phi) is 10.8. The fourth-order valence-electron chi connectivity index (χ4n) is 1.63. The molecule has 0 aliphatic heterocycles. The molecule has 0 saturated carbocycles. The van der Waals surface area contributed by atoms with Gasteiger partial charge in [0.1, 0.15) is 6.10 Å². The van der Waals surface area contributed by atoms with Gasteiger partial charge in [-0.3, -0.25) is 4.79 Å². The van der Waals surface area contributed by atoms with Crippen LogP contribution in [0.5, 0.6) is 0 Å². The summed E-state index contributed by atoms with van der Waals surface area (Å²) in [6, 6.07) is 0. The number of carbonyl (C=O) groups is 1. The van der Waals surface area contributed by atoms with E-state index in [1.165, 1.54) is 39.0 Å². The summed E-state index contributed by atoms with van der Waals surface area (Å²) in [5.74, 6) is 0.0139. The molecule has 0 fully saturated rings. The predicted octanol–water partition coefficient (Wildman–Crippen LogP) is 2.70. The van der Waals surface area contributed by atoms with Crippen molar-refractivity contribution in [3.8, 4) is 0 Å². The van der Waals surface area contributed by atoms with Crippen molar-refractivity contribution < 1.29 is 14.6 Å². The smallest absolute Gasteiger partial charge is 0.158 e. The van der Waals surface area contributed by atoms with E-state index in [4.69, 9.17) is 9.84 Å². The summed E-state index contributed by atoms with van der Waals surface area (Å²) >= 11 is 0. The minimum Gasteiger partial charge on any atom is -0.396 e. The molecule has 0 spiro atoms. The highest BCUT2D eigenvalue weighted by Gasteiger charge is 2.13. The Morgan fingerprint density at radius 1 is 1.19 bits per heavy atom. The van der Waals surface area contributed by atoms with Crippen LogP contribution in [0.25, 0.3) is 0 Å². The summed E-state index contributed by atoms with van der Waals surface area (Å²) < 4.78 is 5.44. The number of aliphatic hydroxyl groups excluding tert-OH is 1. The molecule has 0 aromatic heterocycles. The average molecular weight is 230 g/mol. The molecular weight excluding hydrogens is 204 g/mol. The van der Waals surface area contributed by atoms with E-state index in [-0.39, 0.29) is 12.4 Å². The van der Waals surface area contributed by atoms with Crippen molar-refractivity contribution >= 4 is 5.78 Å². The first-order valence-electron chi connectivity index (χ1n) is 6.45. The van der Waals surface area contributed by atoms with Crippen molar-refractivity contribution in [2.45, 2.75) is 64.9 Å². The van der Waals surface area contributed by atoms with Crippen LogP contribution in [0.3, 0.4) is 0 Å². The summed E-state index contributed by atoms with van der Waals surface area (Å²) in [6.45, 7) is 4.37. The second-order valence-corrected chi connectivity index (χ2v) is 4.25. The van der Waals surface area contributed by atoms with Crippen LogP contribution in [0.1, 0.15) is 58.8 Å². The Labute approximate surface area is 99.2 Å². The van der Waals surface area contributed by atoms with Gasteiger partial charge in [0, 0.05) is 19.6 Å². The summed E-state index contributed by atoms with van der Waals surface area (Å²) in [7, 11) is 0. The van der Waals surface area contributed by atoms with E-state index < -0.39 is 6.10 Å². The zero-order valence-corrected chi connectivity index (χ0v) is 10.7. The summed E-state index contributed by atoms with van der Waals surface area (Å²) in [4.78, 5) is 11.1. The maximum absolute atomic E-state index is 11.1. The number of hydrogen-bond acceptors (Lipinski definition) is 3. The van der Waals surface area contributed by atoms with Gasteiger partial charge in [-0.05, 0) is 13.3 Å². The van der Waals surface area contributed by atoms with Crippen molar-refractivity contribution in [1.29, 1.82) is 0 Å². The van der Waals surface area contributed by atoms with Crippen LogP contribution in [0.4, 0.5) is 0 Å². The Bertz CT molecular complexity index is 169. The van der Waals surface area contributed by atoms with E-state index >= 15 is 0 Å². The molecule has 1 N–H and O–H groups in total. The van der Waals surface area contributed by atoms with Crippen LogP contribution in [-0.4, -0.2) is 30.2 Å². The number of aliphatic hydroxyl groups is 1. The Morgan fingerprint density at radius 2 is 1.81 bits per heavy atom. The molecule has 0 rings (SSSR count). The van der Waals surface area contributed by atoms with Gasteiger partial charge in [0.2, 0.25) is 0 Å². The molecule has 3 heteroatoms. The lowest BCUT2D eigenvalue weighted by atomic mass is 10.1. The molecule has 0 aromatic rings. The zero-order valence-electron chi connectivity index (χ0n) is 10.7. The Hall–Kier alpha value is -0.410. The number of hydrogen-bond donors (Lipinski definition) is 1. The van der Waals surface area contributed by atoms with Crippen molar-refractivity contribution in [3.05, 3.63) is 0 Å². The fraction of sp³-hybridized carbons (Fsp3) is 0.923. The quantitative estimate of drug-likeness (QED) is 0.555. The first-order valence-corrected chi connectivity index (χ1v) is 6.45. The molecule has 0 amide bonds. The van der Waals surface area contributed by atoms with Crippen LogP contribution in [0, 0.1) is 0 Å². The van der Waals surface area contributed by atoms with Gasteiger partial charge in [-0.1, -0.05) is 39.0 Å². The van der Waals surface area contributed by atoms with E-state index in [9.17, 15) is 4.79 Å². The minimum atomic E-state index is -0.402. The highest BCUT2D eigenvalue weighted by Crippen LogP contribution is 2.07. The van der Waals surface area contributed by atoms with Gasteiger partial charge in [-0.2, -0.15) is 0 Å². The molecule has 0 saturated heterocycles. The number of rotatable bonds is 11. The summed E-state index contributed by atoms with van der Waals surface area (Å²) in [6.07, 6.45) is 7.32. The van der Waals surface area contributed by atoms with Crippen LogP contribution >= 0.6 is 0 Å². The molecule has 0 aliphatic rings. The number of ether oxygens (including phenoxy) is 1. The van der Waals surface area contributed by atoms with Crippen molar-refractivity contribution in [2.24, 2.45) is 0 Å². The fourth-order valence-corrected chi connectivity index (χ4v) is 1.63. The minimum absolute atomic E-state index is 0.0139. The monoisotopic (exact) mass is 230 g/mol. The van der Waals surface area contributed by atoms with Crippen molar-refractivity contribution in [1.82, 2.24) is 0 Å². The first kappa shape index (κ1) is 15.6. The van der Waals surface area contributed by atoms with Crippen molar-refractivity contribution in [3.63, 3.8) is 0 Å². The molecular formula is C13H26O3. The SMILES string of the molecule is CCCCCCCCOC(CCO)C(C)=O. The number of unbranched alkanes of at least 4 members (excludes halogenated alkanes) is 5. The second kappa shape index (κ2) is 11.1. The lowest BCUT2D eigenvalue weighted by Gasteiger charge is -2.13. The van der Waals surface area contributed by atoms with E-state index in [0.717, 1.165) is 6.42 Å². The molecule has 0 radical (unpaired) electrons. The molecule has 0 bridgehead atoms. The van der Waals surface area contributed by atoms with E-state index in [2.05, 4.69) is 6.92 Å². The highest BCUT2D eigenvalue weighted by atomic mass is 16.5. The Balaban J connectivity index is 3.37. The van der Waals surface area contributed by atoms with Crippen LogP contribution in [-0.2, 0) is 9.53 Å². The van der Waals surface area contributed by atoms with Gasteiger partial charge in [0.15, 0.2) is 5.78 Å². The number of Topliss-reactive ketones (excluding diaryl/α,β-unsaturated/α-hetero) is 1. The predicted molar refractivity (Wildman–Crippen MR) is 65.5 cm³/mol. The van der Waals surface area contributed by atoms with Crippen molar-refractivity contribution in [2.75, 3.05) is 13.2 Å². The molecule has 96 valence electrons. The third-order valence-electron chi connectivity index (χ3n) is 2.66. The maximum atomic E-state index is 11.1. The van der Waals surface area contributed by atoms with Gasteiger partial charge >= 0.3 is 0 Å². The topological polar surface area (TPSA) is 46.5 Å². The second-order valence-electron chi connectivity index (χ2n) is 4.25. The standard InChI is InChI=1S/C13H26O3/c1-3-4-5-6-7-8-11-16-13(9-10-14)12(2)15/h13-14H,3-11H2,1-2H3. The largest absolute Gasteiger partial charge is 0.396 e. The lowest BCUT2D eigenvalue weighted by molar-refractivity contribution is -0.129. The van der Waals surface area contributed by atoms with Gasteiger partial charge in [-0.25, -0.2) is 0 Å². The van der Waals surface area contributed by atoms with Gasteiger partial charge in [0.25, 0.3) is 0 Å². The normalized spacial score (nSPS) is 12.7. The number of ketones is 1. The third kappa shape index (κ3) is 8.86. The first-order chi connectivity index (χ1) is 7.72. The number of carbonyl (C=O) groups excluding carboxylic acids is 1. The zero-order chi connectivity index (χ0) is 12.2. The summed E-state index contributed by atoms with van der Waals surface area (Å²) in [5, 5.41) is 8.75. The molecule has 3 nitrogen and oxygen atoms in total. The molecule has 16 heavy (non-hydrogen) atoms. The van der Waals surface area contributed by atoms with Gasteiger partial charge in [-0.15, -0.1) is 0 Å². The Morgan fingerprint density at radius 3 is 2.38 bits per heavy atom. The highest BCUT2D eigenvalue weighted by molar-refractivity contribution is 5.80. The van der Waals surface area contributed by atoms with Gasteiger partial charge < -0.3 is 9.84 Å². The van der Waals surface area contributed by atoms with E-state index in [0.29, 0.717) is 13.0 Å². The lowest BCUT2D eigenvalue weighted by Crippen LogP contribution is -2.23. The molecule has 0 aromatic carbocycles. The third-order valence-corrected chi connectivity index (χ3v) is 2.66. The van der Waals surface area contributed by atoms with Gasteiger partial charge in [0.05, 0.1) is 0 Å².